The van der Waals surface area contributed by atoms with E-state index in [4.69, 9.17) is 4.74 Å². The van der Waals surface area contributed by atoms with Gasteiger partial charge in [-0.15, -0.1) is 0 Å². The summed E-state index contributed by atoms with van der Waals surface area (Å²) >= 11 is 0. The summed E-state index contributed by atoms with van der Waals surface area (Å²) in [5.41, 5.74) is 3.41. The zero-order chi connectivity index (χ0) is 19.3. The Morgan fingerprint density at radius 1 is 0.964 bits per heavy atom. The number of amides is 2. The van der Waals surface area contributed by atoms with Gasteiger partial charge in [0.25, 0.3) is 0 Å². The van der Waals surface area contributed by atoms with Crippen LogP contribution >= 0.6 is 0 Å². The standard InChI is InChI=1S/C24H30N2O2/c1-26(23(21-10-11-21)22-12-13-22)24(27)25-15-19-8-5-9-20(14-19)17-28-16-18-6-3-2-4-7-18/h2-9,14,21-23H,10-13,15-17H2,1H3,(H,25,27). The molecule has 0 saturated heterocycles. The SMILES string of the molecule is CN(C(=O)NCc1cccc(COCc2ccccc2)c1)C(C1CC1)C1CC1. The highest BCUT2D eigenvalue weighted by atomic mass is 16.5. The Bertz CT molecular complexity index is 772. The lowest BCUT2D eigenvalue weighted by Crippen LogP contribution is -2.45. The number of nitrogens with zero attached hydrogens (tertiary/aromatic N) is 1. The number of urea groups is 1. The van der Waals surface area contributed by atoms with Gasteiger partial charge < -0.3 is 15.0 Å². The number of nitrogens with one attached hydrogen (secondary N) is 1. The van der Waals surface area contributed by atoms with Crippen LogP contribution < -0.4 is 5.32 Å². The average molecular weight is 379 g/mol. The number of ether oxygens (including phenoxy) is 1. The maximum atomic E-state index is 12.6. The van der Waals surface area contributed by atoms with Gasteiger partial charge in [-0.2, -0.15) is 0 Å². The number of rotatable bonds is 9. The Morgan fingerprint density at radius 3 is 2.25 bits per heavy atom. The van der Waals surface area contributed by atoms with Crippen molar-refractivity contribution in [3.8, 4) is 0 Å². The van der Waals surface area contributed by atoms with Gasteiger partial charge in [-0.1, -0.05) is 54.6 Å². The number of carbonyl (C=O) groups excluding carboxylic acids is 1. The van der Waals surface area contributed by atoms with E-state index in [1.165, 1.54) is 31.2 Å². The highest BCUT2D eigenvalue weighted by Crippen LogP contribution is 2.46. The van der Waals surface area contributed by atoms with E-state index in [1.54, 1.807) is 0 Å². The quantitative estimate of drug-likeness (QED) is 0.685. The van der Waals surface area contributed by atoms with Gasteiger partial charge >= 0.3 is 6.03 Å². The maximum absolute atomic E-state index is 12.6. The lowest BCUT2D eigenvalue weighted by Gasteiger charge is -2.28. The summed E-state index contributed by atoms with van der Waals surface area (Å²) in [6, 6.07) is 19.0. The first kappa shape index (κ1) is 19.0. The van der Waals surface area contributed by atoms with E-state index in [1.807, 2.05) is 36.2 Å². The molecular weight excluding hydrogens is 348 g/mol. The molecule has 2 aliphatic carbocycles. The molecule has 0 heterocycles. The molecule has 0 unspecified atom stereocenters. The van der Waals surface area contributed by atoms with E-state index in [9.17, 15) is 4.79 Å². The first-order valence-electron chi connectivity index (χ1n) is 10.4. The van der Waals surface area contributed by atoms with Gasteiger partial charge in [0, 0.05) is 19.6 Å². The van der Waals surface area contributed by atoms with Crippen LogP contribution in [0.3, 0.4) is 0 Å². The molecular formula is C24H30N2O2. The van der Waals surface area contributed by atoms with Crippen LogP contribution in [0.1, 0.15) is 42.4 Å². The lowest BCUT2D eigenvalue weighted by atomic mass is 10.1. The highest BCUT2D eigenvalue weighted by Gasteiger charge is 2.44. The van der Waals surface area contributed by atoms with Crippen LogP contribution in [0.25, 0.3) is 0 Å². The predicted molar refractivity (Wildman–Crippen MR) is 111 cm³/mol. The van der Waals surface area contributed by atoms with Crippen molar-refractivity contribution in [2.75, 3.05) is 7.05 Å². The second-order valence-corrected chi connectivity index (χ2v) is 8.23. The monoisotopic (exact) mass is 378 g/mol. The number of hydrogen-bond donors (Lipinski definition) is 1. The first-order chi connectivity index (χ1) is 13.7. The smallest absolute Gasteiger partial charge is 0.317 e. The third kappa shape index (κ3) is 5.14. The van der Waals surface area contributed by atoms with Gasteiger partial charge in [-0.25, -0.2) is 4.79 Å². The van der Waals surface area contributed by atoms with Gasteiger partial charge in [-0.05, 0) is 54.2 Å². The minimum atomic E-state index is 0.0505. The predicted octanol–water partition coefficient (Wildman–Crippen LogP) is 4.73. The molecule has 2 aliphatic rings. The molecule has 0 bridgehead atoms. The summed E-state index contributed by atoms with van der Waals surface area (Å²) in [5.74, 6) is 1.46. The van der Waals surface area contributed by atoms with Crippen molar-refractivity contribution in [1.82, 2.24) is 10.2 Å². The second-order valence-electron chi connectivity index (χ2n) is 8.23. The van der Waals surface area contributed by atoms with E-state index >= 15 is 0 Å². The van der Waals surface area contributed by atoms with Crippen LogP contribution in [-0.4, -0.2) is 24.0 Å². The molecule has 2 fully saturated rings. The summed E-state index contributed by atoms with van der Waals surface area (Å²) in [6.07, 6.45) is 5.13. The molecule has 4 heteroatoms. The summed E-state index contributed by atoms with van der Waals surface area (Å²) < 4.78 is 5.83. The van der Waals surface area contributed by atoms with Crippen molar-refractivity contribution >= 4 is 6.03 Å². The fourth-order valence-electron chi connectivity index (χ4n) is 4.02. The third-order valence-electron chi connectivity index (χ3n) is 5.79. The molecule has 0 aromatic heterocycles. The molecule has 28 heavy (non-hydrogen) atoms. The van der Waals surface area contributed by atoms with Crippen molar-refractivity contribution in [3.05, 3.63) is 71.3 Å². The highest BCUT2D eigenvalue weighted by molar-refractivity contribution is 5.74. The van der Waals surface area contributed by atoms with E-state index in [2.05, 4.69) is 35.6 Å². The molecule has 0 radical (unpaired) electrons. The molecule has 0 aliphatic heterocycles. The van der Waals surface area contributed by atoms with Gasteiger partial charge in [-0.3, -0.25) is 0 Å². The fourth-order valence-corrected chi connectivity index (χ4v) is 4.02. The zero-order valence-electron chi connectivity index (χ0n) is 16.6. The molecule has 148 valence electrons. The van der Waals surface area contributed by atoms with Crippen LogP contribution in [-0.2, 0) is 24.5 Å². The van der Waals surface area contributed by atoms with Crippen LogP contribution in [0, 0.1) is 11.8 Å². The molecule has 4 rings (SSSR count). The minimum absolute atomic E-state index is 0.0505. The molecule has 0 atom stereocenters. The van der Waals surface area contributed by atoms with Crippen LogP contribution in [0.5, 0.6) is 0 Å². The summed E-state index contributed by atoms with van der Waals surface area (Å²) in [6.45, 7) is 1.73. The molecule has 2 aromatic carbocycles. The molecule has 1 N–H and O–H groups in total. The van der Waals surface area contributed by atoms with E-state index in [-0.39, 0.29) is 6.03 Å². The van der Waals surface area contributed by atoms with Gasteiger partial charge in [0.05, 0.1) is 13.2 Å². The topological polar surface area (TPSA) is 41.6 Å². The van der Waals surface area contributed by atoms with E-state index < -0.39 is 0 Å². The van der Waals surface area contributed by atoms with Crippen LogP contribution in [0.2, 0.25) is 0 Å². The Labute approximate surface area is 167 Å². The summed E-state index contributed by atoms with van der Waals surface area (Å²) in [7, 11) is 1.96. The third-order valence-corrected chi connectivity index (χ3v) is 5.79. The Balaban J connectivity index is 1.25. The zero-order valence-corrected chi connectivity index (χ0v) is 16.6. The molecule has 4 nitrogen and oxygen atoms in total. The normalized spacial score (nSPS) is 16.2. The number of benzene rings is 2. The van der Waals surface area contributed by atoms with E-state index in [0.717, 1.165) is 23.0 Å². The molecule has 0 spiro atoms. The lowest BCUT2D eigenvalue weighted by molar-refractivity contribution is 0.107. The van der Waals surface area contributed by atoms with Crippen molar-refractivity contribution in [1.29, 1.82) is 0 Å². The Hall–Kier alpha value is -2.33. The van der Waals surface area contributed by atoms with Gasteiger partial charge in [0.2, 0.25) is 0 Å². The van der Waals surface area contributed by atoms with Crippen molar-refractivity contribution in [2.24, 2.45) is 11.8 Å². The van der Waals surface area contributed by atoms with Gasteiger partial charge in [0.1, 0.15) is 0 Å². The Kier molecular flexibility index (Phi) is 5.96. The van der Waals surface area contributed by atoms with Crippen LogP contribution in [0.4, 0.5) is 4.79 Å². The average Bonchev–Trinajstić information content (AvgIpc) is 3.63. The molecule has 2 amide bonds. The number of hydrogen-bond acceptors (Lipinski definition) is 2. The minimum Gasteiger partial charge on any atom is -0.372 e. The largest absolute Gasteiger partial charge is 0.372 e. The second kappa shape index (κ2) is 8.78. The van der Waals surface area contributed by atoms with Crippen molar-refractivity contribution in [3.63, 3.8) is 0 Å². The van der Waals surface area contributed by atoms with Crippen molar-refractivity contribution in [2.45, 2.75) is 51.5 Å². The fraction of sp³-hybridized carbons (Fsp3) is 0.458. The Morgan fingerprint density at radius 2 is 1.57 bits per heavy atom. The summed E-state index contributed by atoms with van der Waals surface area (Å²) in [5, 5.41) is 3.10. The van der Waals surface area contributed by atoms with Crippen molar-refractivity contribution < 1.29 is 9.53 Å². The number of carbonyl (C=O) groups is 1. The van der Waals surface area contributed by atoms with E-state index in [0.29, 0.717) is 25.8 Å². The van der Waals surface area contributed by atoms with Gasteiger partial charge in [0.15, 0.2) is 0 Å². The first-order valence-corrected chi connectivity index (χ1v) is 10.4. The maximum Gasteiger partial charge on any atom is 0.317 e. The molecule has 2 aromatic rings. The molecule has 2 saturated carbocycles. The van der Waals surface area contributed by atoms with Crippen LogP contribution in [0.15, 0.2) is 54.6 Å². The summed E-state index contributed by atoms with van der Waals surface area (Å²) in [4.78, 5) is 14.6.